The Hall–Kier alpha value is -5.66. The molecule has 1 aliphatic carbocycles. The molecule has 17 heteroatoms. The maximum absolute atomic E-state index is 15.5. The molecule has 4 saturated heterocycles. The number of imide groups is 2. The van der Waals surface area contributed by atoms with Crippen molar-refractivity contribution in [2.75, 3.05) is 49.1 Å². The number of nitrogens with zero attached hydrogens (tertiary/aromatic N) is 7. The highest BCUT2D eigenvalue weighted by Gasteiger charge is 2.48. The molecular formula is C43H45ClFN9O6. The monoisotopic (exact) mass is 837 g/mol. The van der Waals surface area contributed by atoms with E-state index in [1.165, 1.54) is 6.07 Å². The zero-order valence-corrected chi connectivity index (χ0v) is 33.8. The molecule has 60 heavy (non-hydrogen) atoms. The molecular weight excluding hydrogens is 793 g/mol. The van der Waals surface area contributed by atoms with Crippen molar-refractivity contribution >= 4 is 52.6 Å². The number of rotatable bonds is 8. The molecule has 6 aliphatic rings. The highest BCUT2D eigenvalue weighted by Crippen LogP contribution is 2.44. The lowest BCUT2D eigenvalue weighted by Crippen LogP contribution is -2.64. The summed E-state index contributed by atoms with van der Waals surface area (Å²) in [5.41, 5.74) is 1.24. The van der Waals surface area contributed by atoms with E-state index in [4.69, 9.17) is 21.6 Å². The predicted octanol–water partition coefficient (Wildman–Crippen LogP) is 4.23. The molecule has 0 radical (unpaired) electrons. The number of carbonyl (C=O) groups is 5. The van der Waals surface area contributed by atoms with Gasteiger partial charge in [-0.15, -0.1) is 10.2 Å². The number of benzene rings is 2. The first-order valence-electron chi connectivity index (χ1n) is 20.8. The van der Waals surface area contributed by atoms with Crippen LogP contribution in [0.2, 0.25) is 5.02 Å². The molecule has 1 aromatic heterocycles. The van der Waals surface area contributed by atoms with Crippen molar-refractivity contribution < 1.29 is 33.1 Å². The molecule has 3 aromatic rings. The quantitative estimate of drug-likeness (QED) is 0.309. The molecule has 1 unspecified atom stereocenters. The van der Waals surface area contributed by atoms with Crippen molar-refractivity contribution in [3.8, 4) is 11.8 Å². The van der Waals surface area contributed by atoms with E-state index in [-0.39, 0.29) is 58.8 Å². The molecule has 2 aromatic carbocycles. The number of likely N-dealkylation sites (tertiary alicyclic amines) is 1. The molecule has 1 spiro atoms. The molecule has 15 nitrogen and oxygen atoms in total. The predicted molar refractivity (Wildman–Crippen MR) is 216 cm³/mol. The van der Waals surface area contributed by atoms with Gasteiger partial charge in [0, 0.05) is 63.8 Å². The van der Waals surface area contributed by atoms with Crippen LogP contribution in [-0.4, -0.2) is 113 Å². The third-order valence-electron chi connectivity index (χ3n) is 13.3. The van der Waals surface area contributed by atoms with Gasteiger partial charge in [0.1, 0.15) is 23.7 Å². The summed E-state index contributed by atoms with van der Waals surface area (Å²) in [6, 6.07) is 12.6. The van der Waals surface area contributed by atoms with Gasteiger partial charge in [0.05, 0.1) is 33.5 Å². The molecule has 5 fully saturated rings. The van der Waals surface area contributed by atoms with Gasteiger partial charge in [-0.1, -0.05) is 11.6 Å². The summed E-state index contributed by atoms with van der Waals surface area (Å²) in [6.45, 7) is 4.94. The van der Waals surface area contributed by atoms with Crippen LogP contribution >= 0.6 is 11.6 Å². The van der Waals surface area contributed by atoms with Gasteiger partial charge in [0.15, 0.2) is 11.5 Å². The summed E-state index contributed by atoms with van der Waals surface area (Å²) < 4.78 is 21.6. The minimum absolute atomic E-state index is 0.00990. The lowest BCUT2D eigenvalue weighted by molar-refractivity contribution is -0.136. The van der Waals surface area contributed by atoms with E-state index in [1.54, 1.807) is 24.3 Å². The van der Waals surface area contributed by atoms with Gasteiger partial charge in [-0.2, -0.15) is 5.26 Å². The van der Waals surface area contributed by atoms with Crippen LogP contribution in [0.4, 0.5) is 15.9 Å². The molecule has 5 amide bonds. The van der Waals surface area contributed by atoms with Crippen molar-refractivity contribution in [2.45, 2.75) is 88.4 Å². The van der Waals surface area contributed by atoms with Gasteiger partial charge in [-0.3, -0.25) is 39.1 Å². The topological polar surface area (TPSA) is 181 Å². The molecule has 312 valence electrons. The average molecular weight is 838 g/mol. The number of amides is 5. The lowest BCUT2D eigenvalue weighted by atomic mass is 9.71. The first-order chi connectivity index (χ1) is 29.0. The van der Waals surface area contributed by atoms with E-state index >= 15 is 4.39 Å². The number of aromatic nitrogens is 2. The van der Waals surface area contributed by atoms with Gasteiger partial charge in [0.25, 0.3) is 17.7 Å². The Morgan fingerprint density at radius 3 is 2.25 bits per heavy atom. The second-order valence-electron chi connectivity index (χ2n) is 17.0. The van der Waals surface area contributed by atoms with Crippen molar-refractivity contribution in [1.82, 2.24) is 30.6 Å². The van der Waals surface area contributed by atoms with E-state index in [0.717, 1.165) is 94.3 Å². The normalized spacial score (nSPS) is 24.5. The Kier molecular flexibility index (Phi) is 10.7. The average Bonchev–Trinajstić information content (AvgIpc) is 3.47. The molecule has 5 aliphatic heterocycles. The fraction of sp³-hybridized carbons (Fsp3) is 0.488. The summed E-state index contributed by atoms with van der Waals surface area (Å²) in [6.07, 6.45) is 6.92. The number of ether oxygens (including phenoxy) is 1. The van der Waals surface area contributed by atoms with E-state index < -0.39 is 35.5 Å². The maximum Gasteiger partial charge on any atom is 0.272 e. The van der Waals surface area contributed by atoms with E-state index in [0.29, 0.717) is 35.5 Å². The minimum atomic E-state index is -1.10. The standard InChI is InChI=1S/C43H45ClFN9O6/c44-32-19-29(4-1-25(32)22-46)60-28-5-2-26(3-6-28)47-39(56)34-7-9-37(50-49-34)52-17-13-43(14-18-52)23-53(24-43)27-11-15-51(16-12-27)36-21-31-30(20-33(36)45)41(58)54(42(31)59)35-8-10-38(55)48-40(35)57/h1,4,7,9,19-21,26-28,35H,2-3,5-6,8,10-18,23-24H2,(H,47,56)(H,48,55,57). The lowest BCUT2D eigenvalue weighted by Gasteiger charge is -2.57. The molecule has 0 bridgehead atoms. The number of nitrogens with one attached hydrogen (secondary N) is 2. The number of hydrogen-bond donors (Lipinski definition) is 2. The second-order valence-corrected chi connectivity index (χ2v) is 17.4. The minimum Gasteiger partial charge on any atom is -0.490 e. The van der Waals surface area contributed by atoms with Crippen LogP contribution < -0.4 is 25.2 Å². The molecule has 1 saturated carbocycles. The van der Waals surface area contributed by atoms with E-state index in [2.05, 4.69) is 30.6 Å². The summed E-state index contributed by atoms with van der Waals surface area (Å²) >= 11 is 6.15. The Morgan fingerprint density at radius 2 is 1.60 bits per heavy atom. The van der Waals surface area contributed by atoms with Crippen molar-refractivity contribution in [2.24, 2.45) is 5.41 Å². The Balaban J connectivity index is 0.709. The number of halogens is 2. The Morgan fingerprint density at radius 1 is 0.883 bits per heavy atom. The largest absolute Gasteiger partial charge is 0.490 e. The van der Waals surface area contributed by atoms with Crippen LogP contribution in [0.1, 0.15) is 101 Å². The molecule has 2 N–H and O–H groups in total. The summed E-state index contributed by atoms with van der Waals surface area (Å²) in [4.78, 5) is 71.1. The number of carbonyl (C=O) groups excluding carboxylic acids is 5. The van der Waals surface area contributed by atoms with Gasteiger partial charge >= 0.3 is 0 Å². The SMILES string of the molecule is N#Cc1ccc(OC2CCC(NC(=O)c3ccc(N4CCC5(CC4)CN(C4CCN(c6cc7c(cc6F)C(=O)N(C6CCC(=O)NC6=O)C7=O)CC4)C5)nn3)CC2)cc1Cl. The maximum atomic E-state index is 15.5. The van der Waals surface area contributed by atoms with E-state index in [9.17, 15) is 24.0 Å². The zero-order chi connectivity index (χ0) is 41.7. The highest BCUT2D eigenvalue weighted by atomic mass is 35.5. The third kappa shape index (κ3) is 7.64. The van der Waals surface area contributed by atoms with Crippen LogP contribution in [0.15, 0.2) is 42.5 Å². The van der Waals surface area contributed by atoms with Crippen LogP contribution in [0.3, 0.4) is 0 Å². The van der Waals surface area contributed by atoms with Crippen LogP contribution in [0.5, 0.6) is 5.75 Å². The van der Waals surface area contributed by atoms with Crippen molar-refractivity contribution in [3.05, 3.63) is 75.7 Å². The van der Waals surface area contributed by atoms with E-state index in [1.807, 2.05) is 17.0 Å². The van der Waals surface area contributed by atoms with Gasteiger partial charge < -0.3 is 19.9 Å². The third-order valence-corrected chi connectivity index (χ3v) is 13.6. The zero-order valence-electron chi connectivity index (χ0n) is 33.0. The first kappa shape index (κ1) is 39.8. The molecule has 1 atom stereocenters. The number of nitriles is 1. The fourth-order valence-electron chi connectivity index (χ4n) is 9.84. The summed E-state index contributed by atoms with van der Waals surface area (Å²) in [7, 11) is 0. The smallest absolute Gasteiger partial charge is 0.272 e. The highest BCUT2D eigenvalue weighted by molar-refractivity contribution is 6.31. The molecule has 9 rings (SSSR count). The number of piperidine rings is 3. The van der Waals surface area contributed by atoms with Crippen LogP contribution in [0.25, 0.3) is 0 Å². The Labute approximate surface area is 351 Å². The summed E-state index contributed by atoms with van der Waals surface area (Å²) in [5, 5.41) is 23.5. The fourth-order valence-corrected chi connectivity index (χ4v) is 10.1. The number of fused-ring (bicyclic) bond motifs is 1. The number of anilines is 2. The van der Waals surface area contributed by atoms with Gasteiger partial charge in [0.2, 0.25) is 11.8 Å². The summed E-state index contributed by atoms with van der Waals surface area (Å²) in [5.74, 6) is -1.93. The number of hydrogen-bond acceptors (Lipinski definition) is 12. The van der Waals surface area contributed by atoms with Crippen molar-refractivity contribution in [3.63, 3.8) is 0 Å². The van der Waals surface area contributed by atoms with Crippen LogP contribution in [-0.2, 0) is 9.59 Å². The van der Waals surface area contributed by atoms with Gasteiger partial charge in [-0.25, -0.2) is 4.39 Å². The first-order valence-corrected chi connectivity index (χ1v) is 21.2. The second kappa shape index (κ2) is 16.1. The van der Waals surface area contributed by atoms with Crippen LogP contribution in [0, 0.1) is 22.6 Å². The van der Waals surface area contributed by atoms with Gasteiger partial charge in [-0.05, 0) is 99.6 Å². The van der Waals surface area contributed by atoms with Crippen molar-refractivity contribution in [1.29, 1.82) is 5.26 Å². The molecule has 6 heterocycles. The Bertz CT molecular complexity index is 2270.